The molecule has 2 N–H and O–H groups in total. The van der Waals surface area contributed by atoms with E-state index in [0.717, 1.165) is 23.5 Å². The Labute approximate surface area is 178 Å². The average molecular weight is 438 g/mol. The van der Waals surface area contributed by atoms with E-state index < -0.39 is 0 Å². The standard InChI is InChI=1S/C20H22Cl2FN5O/c1-3-24-20(26-11-16-10-17(21)18(22)28(16)2)25-9-8-15-12-29-19(27-15)13-4-6-14(23)7-5-13/h4-7,10,12H,3,8-9,11H2,1-2H3,(H2,24,25,26). The molecule has 9 heteroatoms. The molecule has 0 unspecified atom stereocenters. The molecule has 0 saturated heterocycles. The van der Waals surface area contributed by atoms with E-state index in [1.54, 1.807) is 18.4 Å². The van der Waals surface area contributed by atoms with Gasteiger partial charge in [0.05, 0.1) is 17.3 Å². The van der Waals surface area contributed by atoms with Crippen LogP contribution in [0.3, 0.4) is 0 Å². The molecule has 1 aromatic carbocycles. The number of nitrogens with zero attached hydrogens (tertiary/aromatic N) is 3. The fourth-order valence-electron chi connectivity index (χ4n) is 2.70. The number of halogens is 3. The largest absolute Gasteiger partial charge is 0.444 e. The molecule has 2 heterocycles. The summed E-state index contributed by atoms with van der Waals surface area (Å²) in [5, 5.41) is 7.48. The Balaban J connectivity index is 1.56. The Bertz CT molecular complexity index is 981. The van der Waals surface area contributed by atoms with Gasteiger partial charge in [0, 0.05) is 37.8 Å². The predicted octanol–water partition coefficient (Wildman–Crippen LogP) is 4.42. The van der Waals surface area contributed by atoms with Crippen LogP contribution in [-0.2, 0) is 20.0 Å². The molecule has 29 heavy (non-hydrogen) atoms. The second-order valence-corrected chi connectivity index (χ2v) is 7.12. The van der Waals surface area contributed by atoms with Crippen LogP contribution in [0.2, 0.25) is 10.2 Å². The van der Waals surface area contributed by atoms with Gasteiger partial charge in [0.1, 0.15) is 17.2 Å². The van der Waals surface area contributed by atoms with E-state index in [-0.39, 0.29) is 5.82 Å². The molecule has 0 atom stereocenters. The van der Waals surface area contributed by atoms with Gasteiger partial charge >= 0.3 is 0 Å². The van der Waals surface area contributed by atoms with E-state index >= 15 is 0 Å². The second kappa shape index (κ2) is 9.80. The first-order valence-corrected chi connectivity index (χ1v) is 9.95. The molecule has 2 aromatic heterocycles. The maximum atomic E-state index is 13.0. The Morgan fingerprint density at radius 2 is 2.00 bits per heavy atom. The zero-order valence-corrected chi connectivity index (χ0v) is 17.7. The smallest absolute Gasteiger partial charge is 0.226 e. The highest BCUT2D eigenvalue weighted by atomic mass is 35.5. The molecular weight excluding hydrogens is 416 g/mol. The van der Waals surface area contributed by atoms with Crippen molar-refractivity contribution in [2.45, 2.75) is 19.9 Å². The molecule has 0 radical (unpaired) electrons. The van der Waals surface area contributed by atoms with Crippen molar-refractivity contribution in [1.82, 2.24) is 20.2 Å². The van der Waals surface area contributed by atoms with Gasteiger partial charge in [-0.1, -0.05) is 23.2 Å². The summed E-state index contributed by atoms with van der Waals surface area (Å²) in [5.41, 5.74) is 2.45. The number of hydrogen-bond acceptors (Lipinski definition) is 3. The Morgan fingerprint density at radius 3 is 2.66 bits per heavy atom. The molecule has 0 aliphatic carbocycles. The molecule has 0 saturated carbocycles. The van der Waals surface area contributed by atoms with Crippen LogP contribution in [0.5, 0.6) is 0 Å². The van der Waals surface area contributed by atoms with Gasteiger partial charge in [0.25, 0.3) is 0 Å². The number of aromatic nitrogens is 2. The van der Waals surface area contributed by atoms with E-state index in [4.69, 9.17) is 27.6 Å². The van der Waals surface area contributed by atoms with Crippen molar-refractivity contribution in [3.8, 4) is 11.5 Å². The van der Waals surface area contributed by atoms with Crippen molar-refractivity contribution in [1.29, 1.82) is 0 Å². The third-order valence-electron chi connectivity index (χ3n) is 4.28. The van der Waals surface area contributed by atoms with Crippen LogP contribution in [0.15, 0.2) is 46.0 Å². The van der Waals surface area contributed by atoms with E-state index in [1.807, 2.05) is 24.6 Å². The Kier molecular flexibility index (Phi) is 7.17. The number of aliphatic imine (C=N–C) groups is 1. The topological polar surface area (TPSA) is 67.4 Å². The summed E-state index contributed by atoms with van der Waals surface area (Å²) in [7, 11) is 1.85. The van der Waals surface area contributed by atoms with Crippen LogP contribution >= 0.6 is 23.2 Å². The van der Waals surface area contributed by atoms with Crippen molar-refractivity contribution in [2.24, 2.45) is 12.0 Å². The highest BCUT2D eigenvalue weighted by Crippen LogP contribution is 2.25. The van der Waals surface area contributed by atoms with Crippen LogP contribution in [0, 0.1) is 5.82 Å². The minimum Gasteiger partial charge on any atom is -0.444 e. The average Bonchev–Trinajstić information content (AvgIpc) is 3.27. The Morgan fingerprint density at radius 1 is 1.24 bits per heavy atom. The lowest BCUT2D eigenvalue weighted by atomic mass is 10.2. The predicted molar refractivity (Wildman–Crippen MR) is 114 cm³/mol. The fourth-order valence-corrected chi connectivity index (χ4v) is 3.11. The van der Waals surface area contributed by atoms with E-state index in [9.17, 15) is 4.39 Å². The molecule has 0 amide bonds. The van der Waals surface area contributed by atoms with Crippen LogP contribution in [0.1, 0.15) is 18.3 Å². The van der Waals surface area contributed by atoms with Gasteiger partial charge in [0.2, 0.25) is 5.89 Å². The molecule has 6 nitrogen and oxygen atoms in total. The van der Waals surface area contributed by atoms with Gasteiger partial charge in [0.15, 0.2) is 5.96 Å². The van der Waals surface area contributed by atoms with Gasteiger partial charge in [-0.15, -0.1) is 0 Å². The van der Waals surface area contributed by atoms with Crippen molar-refractivity contribution in [3.63, 3.8) is 0 Å². The van der Waals surface area contributed by atoms with Gasteiger partial charge in [-0.2, -0.15) is 0 Å². The van der Waals surface area contributed by atoms with Crippen LogP contribution < -0.4 is 10.6 Å². The summed E-state index contributed by atoms with van der Waals surface area (Å²) in [5.74, 6) is 0.862. The van der Waals surface area contributed by atoms with E-state index in [2.05, 4.69) is 20.6 Å². The molecule has 3 aromatic rings. The highest BCUT2D eigenvalue weighted by molar-refractivity contribution is 6.41. The summed E-state index contributed by atoms with van der Waals surface area (Å²) >= 11 is 12.1. The molecular formula is C20H22Cl2FN5O. The number of rotatable bonds is 7. The SMILES string of the molecule is CCNC(=NCc1cc(Cl)c(Cl)n1C)NCCc1coc(-c2ccc(F)cc2)n1. The summed E-state index contributed by atoms with van der Waals surface area (Å²) in [6.45, 7) is 3.80. The lowest BCUT2D eigenvalue weighted by molar-refractivity contribution is 0.571. The first-order chi connectivity index (χ1) is 14.0. The molecule has 3 rings (SSSR count). The molecule has 0 aliphatic heterocycles. The van der Waals surface area contributed by atoms with Crippen molar-refractivity contribution in [2.75, 3.05) is 13.1 Å². The van der Waals surface area contributed by atoms with E-state index in [0.29, 0.717) is 41.5 Å². The Hall–Kier alpha value is -2.51. The quantitative estimate of drug-likeness (QED) is 0.423. The van der Waals surface area contributed by atoms with Crippen molar-refractivity contribution >= 4 is 29.2 Å². The fraction of sp³-hybridized carbons (Fsp3) is 0.300. The first-order valence-electron chi connectivity index (χ1n) is 9.20. The zero-order chi connectivity index (χ0) is 20.8. The third-order valence-corrected chi connectivity index (χ3v) is 5.12. The maximum absolute atomic E-state index is 13.0. The monoisotopic (exact) mass is 437 g/mol. The third kappa shape index (κ3) is 5.52. The van der Waals surface area contributed by atoms with E-state index in [1.165, 1.54) is 12.1 Å². The maximum Gasteiger partial charge on any atom is 0.226 e. The molecule has 154 valence electrons. The lowest BCUT2D eigenvalue weighted by Crippen LogP contribution is -2.38. The minimum atomic E-state index is -0.292. The second-order valence-electron chi connectivity index (χ2n) is 6.36. The molecule has 0 fully saturated rings. The van der Waals surface area contributed by atoms with Gasteiger partial charge in [-0.25, -0.2) is 14.4 Å². The number of nitrogens with one attached hydrogen (secondary N) is 2. The lowest BCUT2D eigenvalue weighted by Gasteiger charge is -2.10. The number of oxazole rings is 1. The van der Waals surface area contributed by atoms with Crippen LogP contribution in [0.4, 0.5) is 4.39 Å². The summed E-state index contributed by atoms with van der Waals surface area (Å²) in [4.78, 5) is 9.02. The van der Waals surface area contributed by atoms with Crippen molar-refractivity contribution < 1.29 is 8.81 Å². The minimum absolute atomic E-state index is 0.292. The molecule has 0 bridgehead atoms. The summed E-state index contributed by atoms with van der Waals surface area (Å²) < 4.78 is 20.3. The summed E-state index contributed by atoms with van der Waals surface area (Å²) in [6.07, 6.45) is 2.26. The number of guanidine groups is 1. The molecule has 0 aliphatic rings. The van der Waals surface area contributed by atoms with Crippen molar-refractivity contribution in [3.05, 3.63) is 64.0 Å². The number of benzene rings is 1. The number of hydrogen-bond donors (Lipinski definition) is 2. The highest BCUT2D eigenvalue weighted by Gasteiger charge is 2.09. The first kappa shape index (κ1) is 21.2. The molecule has 0 spiro atoms. The van der Waals surface area contributed by atoms with Crippen LogP contribution in [0.25, 0.3) is 11.5 Å². The zero-order valence-electron chi connectivity index (χ0n) is 16.2. The van der Waals surface area contributed by atoms with Crippen LogP contribution in [-0.4, -0.2) is 28.6 Å². The van der Waals surface area contributed by atoms with Gasteiger partial charge in [-0.05, 0) is 37.3 Å². The summed E-state index contributed by atoms with van der Waals surface area (Å²) in [6, 6.07) is 7.85. The van der Waals surface area contributed by atoms with Gasteiger partial charge in [-0.3, -0.25) is 0 Å². The van der Waals surface area contributed by atoms with Gasteiger partial charge < -0.3 is 19.6 Å². The normalized spacial score (nSPS) is 11.7.